The van der Waals surface area contributed by atoms with Gasteiger partial charge in [-0.3, -0.25) is 0 Å². The van der Waals surface area contributed by atoms with Crippen molar-refractivity contribution >= 4 is 34.5 Å². The molecule has 1 fully saturated rings. The number of hydrogen-bond acceptors (Lipinski definition) is 2. The lowest BCUT2D eigenvalue weighted by Gasteiger charge is -2.42. The second kappa shape index (κ2) is 6.31. The van der Waals surface area contributed by atoms with E-state index in [1.54, 1.807) is 0 Å². The summed E-state index contributed by atoms with van der Waals surface area (Å²) in [5, 5.41) is 0.746. The van der Waals surface area contributed by atoms with Crippen LogP contribution in [0.25, 0.3) is 0 Å². The first kappa shape index (κ1) is 15.6. The van der Waals surface area contributed by atoms with Crippen molar-refractivity contribution in [3.8, 4) is 0 Å². The molecule has 0 radical (unpaired) electrons. The molecular weight excluding hydrogens is 288 g/mol. The summed E-state index contributed by atoms with van der Waals surface area (Å²) in [4.78, 5) is 2.78. The Balaban J connectivity index is 2.13. The quantitative estimate of drug-likeness (QED) is 0.837. The molecule has 0 spiro atoms. The first-order valence-electron chi connectivity index (χ1n) is 7.35. The fourth-order valence-electron chi connectivity index (χ4n) is 3.10. The van der Waals surface area contributed by atoms with E-state index in [0.29, 0.717) is 10.4 Å². The van der Waals surface area contributed by atoms with Gasteiger partial charge in [-0.1, -0.05) is 50.5 Å². The summed E-state index contributed by atoms with van der Waals surface area (Å²) in [6, 6.07) is 5.88. The summed E-state index contributed by atoms with van der Waals surface area (Å²) >= 11 is 11.4. The summed E-state index contributed by atoms with van der Waals surface area (Å²) in [6.07, 6.45) is 5.03. The second-order valence-corrected chi connectivity index (χ2v) is 6.57. The van der Waals surface area contributed by atoms with Crippen LogP contribution in [0.2, 0.25) is 5.02 Å². The minimum Gasteiger partial charge on any atom is -0.389 e. The lowest BCUT2D eigenvalue weighted by atomic mass is 9.74. The van der Waals surface area contributed by atoms with E-state index < -0.39 is 0 Å². The number of nitrogens with zero attached hydrogens (tertiary/aromatic N) is 1. The Morgan fingerprint density at radius 3 is 2.35 bits per heavy atom. The molecule has 110 valence electrons. The maximum atomic E-state index is 6.39. The van der Waals surface area contributed by atoms with Gasteiger partial charge in [-0.25, -0.2) is 0 Å². The first-order valence-corrected chi connectivity index (χ1v) is 8.14. The van der Waals surface area contributed by atoms with Gasteiger partial charge in [0.2, 0.25) is 0 Å². The third kappa shape index (κ3) is 3.09. The molecule has 1 heterocycles. The van der Waals surface area contributed by atoms with E-state index >= 15 is 0 Å². The zero-order chi connectivity index (χ0) is 14.8. The van der Waals surface area contributed by atoms with Gasteiger partial charge >= 0.3 is 0 Å². The summed E-state index contributed by atoms with van der Waals surface area (Å²) in [6.45, 7) is 6.77. The van der Waals surface area contributed by atoms with Gasteiger partial charge < -0.3 is 10.6 Å². The maximum absolute atomic E-state index is 6.39. The van der Waals surface area contributed by atoms with E-state index in [1.165, 1.54) is 25.7 Å². The van der Waals surface area contributed by atoms with Gasteiger partial charge in [0, 0.05) is 18.7 Å². The SMILES string of the molecule is CCC1(CC)CCN(c2ccc(C(N)=S)cc2Cl)CC1. The minimum atomic E-state index is 0.396. The zero-order valence-electron chi connectivity index (χ0n) is 12.3. The van der Waals surface area contributed by atoms with Crippen LogP contribution in [-0.2, 0) is 0 Å². The van der Waals surface area contributed by atoms with Gasteiger partial charge in [0.15, 0.2) is 0 Å². The van der Waals surface area contributed by atoms with Crippen molar-refractivity contribution in [1.29, 1.82) is 0 Å². The number of nitrogens with two attached hydrogens (primary N) is 1. The smallest absolute Gasteiger partial charge is 0.104 e. The van der Waals surface area contributed by atoms with Gasteiger partial charge in [-0.2, -0.15) is 0 Å². The molecule has 2 nitrogen and oxygen atoms in total. The van der Waals surface area contributed by atoms with Crippen LogP contribution in [0.4, 0.5) is 5.69 Å². The van der Waals surface area contributed by atoms with Crippen LogP contribution in [0, 0.1) is 5.41 Å². The predicted octanol–water partition coefficient (Wildman–Crippen LogP) is 4.38. The van der Waals surface area contributed by atoms with Gasteiger partial charge in [-0.15, -0.1) is 0 Å². The highest BCUT2D eigenvalue weighted by molar-refractivity contribution is 7.80. The fourth-order valence-corrected chi connectivity index (χ4v) is 3.52. The van der Waals surface area contributed by atoms with Gasteiger partial charge in [-0.05, 0) is 36.5 Å². The second-order valence-electron chi connectivity index (χ2n) is 5.72. The molecule has 2 rings (SSSR count). The van der Waals surface area contributed by atoms with Crippen LogP contribution in [0.15, 0.2) is 18.2 Å². The van der Waals surface area contributed by atoms with E-state index in [-0.39, 0.29) is 0 Å². The monoisotopic (exact) mass is 310 g/mol. The fraction of sp³-hybridized carbons (Fsp3) is 0.562. The first-order chi connectivity index (χ1) is 9.51. The highest BCUT2D eigenvalue weighted by Crippen LogP contribution is 2.40. The average Bonchev–Trinajstić information content (AvgIpc) is 2.47. The molecule has 0 bridgehead atoms. The van der Waals surface area contributed by atoms with Crippen molar-refractivity contribution in [1.82, 2.24) is 0 Å². The molecule has 4 heteroatoms. The van der Waals surface area contributed by atoms with Gasteiger partial charge in [0.25, 0.3) is 0 Å². The Hall–Kier alpha value is -0.800. The van der Waals surface area contributed by atoms with Crippen LogP contribution in [0.3, 0.4) is 0 Å². The molecule has 0 atom stereocenters. The molecule has 20 heavy (non-hydrogen) atoms. The molecule has 1 aromatic carbocycles. The largest absolute Gasteiger partial charge is 0.389 e. The summed E-state index contributed by atoms with van der Waals surface area (Å²) in [7, 11) is 0. The molecule has 0 aromatic heterocycles. The molecule has 1 aliphatic heterocycles. The number of rotatable bonds is 4. The molecular formula is C16H23ClN2S. The summed E-state index contributed by atoms with van der Waals surface area (Å²) in [5.74, 6) is 0. The van der Waals surface area contributed by atoms with Crippen LogP contribution >= 0.6 is 23.8 Å². The topological polar surface area (TPSA) is 29.3 Å². The Morgan fingerprint density at radius 1 is 1.30 bits per heavy atom. The number of benzene rings is 1. The highest BCUT2D eigenvalue weighted by Gasteiger charge is 2.31. The Labute approximate surface area is 132 Å². The van der Waals surface area contributed by atoms with E-state index in [4.69, 9.17) is 29.6 Å². The normalized spacial score (nSPS) is 18.1. The lowest BCUT2D eigenvalue weighted by molar-refractivity contribution is 0.199. The third-order valence-corrected chi connectivity index (χ3v) is 5.44. The lowest BCUT2D eigenvalue weighted by Crippen LogP contribution is -2.39. The van der Waals surface area contributed by atoms with Crippen LogP contribution in [0.1, 0.15) is 45.1 Å². The van der Waals surface area contributed by atoms with Crippen molar-refractivity contribution in [2.24, 2.45) is 11.1 Å². The van der Waals surface area contributed by atoms with Crippen LogP contribution in [-0.4, -0.2) is 18.1 Å². The van der Waals surface area contributed by atoms with Crippen LogP contribution < -0.4 is 10.6 Å². The van der Waals surface area contributed by atoms with E-state index in [2.05, 4.69) is 18.7 Å². The Morgan fingerprint density at radius 2 is 1.90 bits per heavy atom. The molecule has 2 N–H and O–H groups in total. The number of anilines is 1. The molecule has 0 unspecified atom stereocenters. The third-order valence-electron chi connectivity index (χ3n) is 4.90. The molecule has 0 amide bonds. The summed E-state index contributed by atoms with van der Waals surface area (Å²) in [5.41, 5.74) is 8.11. The predicted molar refractivity (Wildman–Crippen MR) is 91.8 cm³/mol. The molecule has 0 aliphatic carbocycles. The Bertz CT molecular complexity index is 487. The van der Waals surface area contributed by atoms with Gasteiger partial charge in [0.05, 0.1) is 10.7 Å². The van der Waals surface area contributed by atoms with Crippen LogP contribution in [0.5, 0.6) is 0 Å². The molecule has 1 aliphatic rings. The van der Waals surface area contributed by atoms with Gasteiger partial charge in [0.1, 0.15) is 4.99 Å². The minimum absolute atomic E-state index is 0.396. The number of halogens is 1. The average molecular weight is 311 g/mol. The van der Waals surface area contributed by atoms with Crippen molar-refractivity contribution in [3.63, 3.8) is 0 Å². The molecule has 1 saturated heterocycles. The molecule has 1 aromatic rings. The molecule has 0 saturated carbocycles. The van der Waals surface area contributed by atoms with E-state index in [1.807, 2.05) is 18.2 Å². The number of piperidine rings is 1. The van der Waals surface area contributed by atoms with E-state index in [9.17, 15) is 0 Å². The number of hydrogen-bond donors (Lipinski definition) is 1. The van der Waals surface area contributed by atoms with Crippen molar-refractivity contribution in [2.45, 2.75) is 39.5 Å². The van der Waals surface area contributed by atoms with Crippen molar-refractivity contribution in [3.05, 3.63) is 28.8 Å². The maximum Gasteiger partial charge on any atom is 0.104 e. The standard InChI is InChI=1S/C16H23ClN2S/c1-3-16(4-2)7-9-19(10-8-16)14-6-5-12(15(18)20)11-13(14)17/h5-6,11H,3-4,7-10H2,1-2H3,(H2,18,20). The number of thiocarbonyl (C=S) groups is 1. The van der Waals surface area contributed by atoms with Crippen molar-refractivity contribution in [2.75, 3.05) is 18.0 Å². The van der Waals surface area contributed by atoms with Crippen molar-refractivity contribution < 1.29 is 0 Å². The Kier molecular flexibility index (Phi) is 4.92. The van der Waals surface area contributed by atoms with E-state index in [0.717, 1.165) is 29.4 Å². The highest BCUT2D eigenvalue weighted by atomic mass is 35.5. The summed E-state index contributed by atoms with van der Waals surface area (Å²) < 4.78 is 0. The zero-order valence-corrected chi connectivity index (χ0v) is 13.9.